The lowest BCUT2D eigenvalue weighted by Gasteiger charge is -2.43. The highest BCUT2D eigenvalue weighted by Gasteiger charge is 2.41. The van der Waals surface area contributed by atoms with Gasteiger partial charge in [0.1, 0.15) is 13.2 Å². The molecule has 9 heteroatoms. The number of likely N-dealkylation sites (tertiary alicyclic amines) is 1. The molecule has 2 aromatic carbocycles. The van der Waals surface area contributed by atoms with Gasteiger partial charge in [0.05, 0.1) is 17.6 Å². The summed E-state index contributed by atoms with van der Waals surface area (Å²) in [6.45, 7) is 2.50. The number of rotatable bonds is 9. The maximum absolute atomic E-state index is 14.9. The van der Waals surface area contributed by atoms with E-state index in [2.05, 4.69) is 26.2 Å². The molecule has 192 valence electrons. The fourth-order valence-electron chi connectivity index (χ4n) is 4.39. The number of alkyl halides is 1. The molecule has 2 heterocycles. The molecule has 7 nitrogen and oxygen atoms in total. The van der Waals surface area contributed by atoms with Crippen LogP contribution in [0.25, 0.3) is 10.9 Å². The van der Waals surface area contributed by atoms with Crippen LogP contribution >= 0.6 is 15.9 Å². The predicted molar refractivity (Wildman–Crippen MR) is 142 cm³/mol. The third-order valence-electron chi connectivity index (χ3n) is 6.70. The molecule has 1 saturated heterocycles. The average Bonchev–Trinajstić information content (AvgIpc) is 2.87. The Labute approximate surface area is 219 Å². The molecule has 1 fully saturated rings. The van der Waals surface area contributed by atoms with Crippen molar-refractivity contribution in [3.8, 4) is 11.5 Å². The normalized spacial score (nSPS) is 21.2. The summed E-state index contributed by atoms with van der Waals surface area (Å²) >= 11 is 3.45. The number of nitrogens with zero attached hydrogens (tertiary/aromatic N) is 2. The Morgan fingerprint density at radius 2 is 2.08 bits per heavy atom. The molecule has 0 radical (unpaired) electrons. The number of benzene rings is 2. The van der Waals surface area contributed by atoms with Gasteiger partial charge in [0.2, 0.25) is 5.91 Å². The van der Waals surface area contributed by atoms with Gasteiger partial charge in [-0.05, 0) is 66.5 Å². The lowest BCUT2D eigenvalue weighted by molar-refractivity contribution is -0.134. The molecule has 0 spiro atoms. The standard InChI is InChI=1S/C27H32BrFN4O3/c1-27(13-21(30)10-11-33(27)2)26(34)32-15-20(29)17-36-25-22-12-19(28)14-31-23(22)8-9-24(25)35-16-18-6-4-3-5-7-18/h3-9,12,14,20-21H,10-11,13,15-17,30H2,1-2H3,(H,32,34). The lowest BCUT2D eigenvalue weighted by atomic mass is 9.85. The first-order chi connectivity index (χ1) is 17.3. The van der Waals surface area contributed by atoms with Crippen LogP contribution in [0.5, 0.6) is 11.5 Å². The van der Waals surface area contributed by atoms with Gasteiger partial charge < -0.3 is 20.5 Å². The minimum Gasteiger partial charge on any atom is -0.486 e. The van der Waals surface area contributed by atoms with E-state index >= 15 is 0 Å². The van der Waals surface area contributed by atoms with Crippen LogP contribution in [0.15, 0.2) is 59.2 Å². The lowest BCUT2D eigenvalue weighted by Crippen LogP contribution is -2.61. The van der Waals surface area contributed by atoms with Gasteiger partial charge >= 0.3 is 0 Å². The number of amides is 1. The molecular weight excluding hydrogens is 527 g/mol. The molecule has 1 aromatic heterocycles. The van der Waals surface area contributed by atoms with Gasteiger partial charge in [0, 0.05) is 28.6 Å². The molecule has 3 N–H and O–H groups in total. The number of carbonyl (C=O) groups is 1. The SMILES string of the molecule is CN1CCC(N)CC1(C)C(=O)NCC(F)COc1c(OCc2ccccc2)ccc2ncc(Br)cc12. The van der Waals surface area contributed by atoms with E-state index < -0.39 is 11.7 Å². The maximum Gasteiger partial charge on any atom is 0.240 e. The van der Waals surface area contributed by atoms with E-state index in [1.54, 1.807) is 12.3 Å². The molecule has 1 amide bonds. The highest BCUT2D eigenvalue weighted by molar-refractivity contribution is 9.10. The minimum atomic E-state index is -1.42. The monoisotopic (exact) mass is 558 g/mol. The van der Waals surface area contributed by atoms with Crippen LogP contribution in [0.1, 0.15) is 25.3 Å². The second-order valence-electron chi connectivity index (χ2n) is 9.45. The van der Waals surface area contributed by atoms with Crippen LogP contribution in [0.4, 0.5) is 4.39 Å². The van der Waals surface area contributed by atoms with E-state index in [1.165, 1.54) is 0 Å². The Balaban J connectivity index is 1.43. The fraction of sp³-hybridized carbons (Fsp3) is 0.407. The van der Waals surface area contributed by atoms with Crippen LogP contribution in [0.3, 0.4) is 0 Å². The smallest absolute Gasteiger partial charge is 0.240 e. The van der Waals surface area contributed by atoms with E-state index in [9.17, 15) is 9.18 Å². The van der Waals surface area contributed by atoms with Gasteiger partial charge in [-0.25, -0.2) is 4.39 Å². The average molecular weight is 559 g/mol. The molecule has 1 aliphatic heterocycles. The van der Waals surface area contributed by atoms with Crippen molar-refractivity contribution in [2.75, 3.05) is 26.7 Å². The number of piperidine rings is 1. The van der Waals surface area contributed by atoms with E-state index in [0.717, 1.165) is 23.0 Å². The van der Waals surface area contributed by atoms with Crippen molar-refractivity contribution in [3.05, 3.63) is 64.8 Å². The summed E-state index contributed by atoms with van der Waals surface area (Å²) in [6.07, 6.45) is 1.64. The molecule has 4 rings (SSSR count). The maximum atomic E-state index is 14.9. The first-order valence-electron chi connectivity index (χ1n) is 12.0. The summed E-state index contributed by atoms with van der Waals surface area (Å²) in [5, 5.41) is 3.45. The van der Waals surface area contributed by atoms with Crippen LogP contribution in [0.2, 0.25) is 0 Å². The molecule has 0 bridgehead atoms. The zero-order valence-electron chi connectivity index (χ0n) is 20.5. The quantitative estimate of drug-likeness (QED) is 0.408. The molecule has 3 aromatic rings. The van der Waals surface area contributed by atoms with Gasteiger partial charge in [0.15, 0.2) is 17.7 Å². The first-order valence-corrected chi connectivity index (χ1v) is 12.8. The Hall–Kier alpha value is -2.75. The number of nitrogens with one attached hydrogen (secondary N) is 1. The fourth-order valence-corrected chi connectivity index (χ4v) is 4.72. The van der Waals surface area contributed by atoms with Crippen LogP contribution in [-0.4, -0.2) is 60.3 Å². The van der Waals surface area contributed by atoms with Gasteiger partial charge in [0.25, 0.3) is 0 Å². The molecule has 0 aliphatic carbocycles. The number of aromatic nitrogens is 1. The molecule has 3 atom stereocenters. The van der Waals surface area contributed by atoms with Gasteiger partial charge in [-0.3, -0.25) is 14.7 Å². The highest BCUT2D eigenvalue weighted by atomic mass is 79.9. The summed E-state index contributed by atoms with van der Waals surface area (Å²) < 4.78 is 27.7. The number of likely N-dealkylation sites (N-methyl/N-ethyl adjacent to an activating group) is 1. The van der Waals surface area contributed by atoms with E-state index in [4.69, 9.17) is 15.2 Å². The molecule has 3 unspecified atom stereocenters. The van der Waals surface area contributed by atoms with Crippen molar-refractivity contribution < 1.29 is 18.7 Å². The number of carbonyl (C=O) groups excluding carboxylic acids is 1. The number of hydrogen-bond donors (Lipinski definition) is 2. The number of ether oxygens (including phenoxy) is 2. The number of hydrogen-bond acceptors (Lipinski definition) is 6. The number of fused-ring (bicyclic) bond motifs is 1. The van der Waals surface area contributed by atoms with Crippen molar-refractivity contribution in [1.82, 2.24) is 15.2 Å². The Kier molecular flexibility index (Phi) is 8.43. The highest BCUT2D eigenvalue weighted by Crippen LogP contribution is 2.37. The van der Waals surface area contributed by atoms with Crippen molar-refractivity contribution in [2.45, 2.75) is 44.1 Å². The molecule has 1 aliphatic rings. The molecule has 0 saturated carbocycles. The van der Waals surface area contributed by atoms with E-state index in [1.807, 2.05) is 61.3 Å². The van der Waals surface area contributed by atoms with E-state index in [0.29, 0.717) is 35.4 Å². The Morgan fingerprint density at radius 1 is 1.31 bits per heavy atom. The Morgan fingerprint density at radius 3 is 2.86 bits per heavy atom. The van der Waals surface area contributed by atoms with Crippen molar-refractivity contribution in [2.24, 2.45) is 5.73 Å². The zero-order chi connectivity index (χ0) is 25.7. The third-order valence-corrected chi connectivity index (χ3v) is 7.14. The number of halogens is 2. The first kappa shape index (κ1) is 26.3. The summed E-state index contributed by atoms with van der Waals surface area (Å²) in [7, 11) is 1.89. The predicted octanol–water partition coefficient (Wildman–Crippen LogP) is 4.22. The molecular formula is C27H32BrFN4O3. The van der Waals surface area contributed by atoms with Crippen LogP contribution in [0, 0.1) is 0 Å². The van der Waals surface area contributed by atoms with Crippen molar-refractivity contribution >= 4 is 32.7 Å². The van der Waals surface area contributed by atoms with Gasteiger partial charge in [-0.1, -0.05) is 30.3 Å². The number of nitrogens with two attached hydrogens (primary N) is 1. The number of pyridine rings is 1. The summed E-state index contributed by atoms with van der Waals surface area (Å²) in [6, 6.07) is 15.2. The largest absolute Gasteiger partial charge is 0.486 e. The summed E-state index contributed by atoms with van der Waals surface area (Å²) in [4.78, 5) is 19.3. The summed E-state index contributed by atoms with van der Waals surface area (Å²) in [5.74, 6) is 0.678. The van der Waals surface area contributed by atoms with E-state index in [-0.39, 0.29) is 25.1 Å². The topological polar surface area (TPSA) is 89.7 Å². The van der Waals surface area contributed by atoms with Crippen LogP contribution < -0.4 is 20.5 Å². The van der Waals surface area contributed by atoms with Gasteiger partial charge in [-0.15, -0.1) is 0 Å². The third kappa shape index (κ3) is 6.14. The second-order valence-corrected chi connectivity index (χ2v) is 10.4. The minimum absolute atomic E-state index is 0.0462. The van der Waals surface area contributed by atoms with Crippen LogP contribution in [-0.2, 0) is 11.4 Å². The zero-order valence-corrected chi connectivity index (χ0v) is 22.1. The van der Waals surface area contributed by atoms with Crippen molar-refractivity contribution in [1.29, 1.82) is 0 Å². The Bertz CT molecular complexity index is 1200. The summed E-state index contributed by atoms with van der Waals surface area (Å²) in [5.41, 5.74) is 7.03. The van der Waals surface area contributed by atoms with Gasteiger partial charge in [-0.2, -0.15) is 0 Å². The van der Waals surface area contributed by atoms with Crippen molar-refractivity contribution in [3.63, 3.8) is 0 Å². The second kappa shape index (κ2) is 11.5. The molecule has 36 heavy (non-hydrogen) atoms.